The largest absolute Gasteiger partial charge is 0.455 e. The molecule has 0 N–H and O–H groups in total. The van der Waals surface area contributed by atoms with E-state index in [1.54, 1.807) is 0 Å². The zero-order valence-electron chi connectivity index (χ0n) is 31.7. The number of hydrogen-bond acceptors (Lipinski definition) is 2. The molecule has 0 unspecified atom stereocenters. The van der Waals surface area contributed by atoms with Crippen LogP contribution in [0, 0.1) is 0 Å². The normalized spacial score (nSPS) is 11.4. The molecule has 0 aliphatic heterocycles. The van der Waals surface area contributed by atoms with E-state index in [-0.39, 0.29) is 0 Å². The van der Waals surface area contributed by atoms with Crippen molar-refractivity contribution in [3.05, 3.63) is 224 Å². The van der Waals surface area contributed by atoms with Gasteiger partial charge >= 0.3 is 0 Å². The molecule has 0 bridgehead atoms. The van der Waals surface area contributed by atoms with Crippen LogP contribution in [0.2, 0.25) is 0 Å². The Morgan fingerprint density at radius 3 is 1.72 bits per heavy atom. The second kappa shape index (κ2) is 14.1. The second-order valence-corrected chi connectivity index (χ2v) is 14.8. The van der Waals surface area contributed by atoms with Gasteiger partial charge < -0.3 is 9.32 Å². The van der Waals surface area contributed by atoms with E-state index in [0.717, 1.165) is 61.3 Å². The van der Waals surface area contributed by atoms with Gasteiger partial charge in [0.1, 0.15) is 11.2 Å². The molecule has 58 heavy (non-hydrogen) atoms. The summed E-state index contributed by atoms with van der Waals surface area (Å²) in [5, 5.41) is 7.03. The molecule has 0 radical (unpaired) electrons. The SMILES string of the molecule is c1ccc(-c2cccc(N(c3ccccc3-c3ccccc3-c3ccccc3)c3ccc(-c4cc5ccccc5c5ccccc45)c4oc5ccccc5c34)c2)cc1. The number of hydrogen-bond donors (Lipinski definition) is 0. The molecule has 1 aromatic heterocycles. The molecule has 11 aromatic rings. The fourth-order valence-corrected chi connectivity index (χ4v) is 8.83. The van der Waals surface area contributed by atoms with Crippen LogP contribution in [0.15, 0.2) is 229 Å². The summed E-state index contributed by atoms with van der Waals surface area (Å²) >= 11 is 0. The molecular formula is C56H37NO. The van der Waals surface area contributed by atoms with Crippen molar-refractivity contribution in [1.29, 1.82) is 0 Å². The van der Waals surface area contributed by atoms with E-state index >= 15 is 0 Å². The van der Waals surface area contributed by atoms with E-state index in [1.807, 2.05) is 0 Å². The maximum absolute atomic E-state index is 7.02. The van der Waals surface area contributed by atoms with Crippen LogP contribution in [0.4, 0.5) is 17.1 Å². The van der Waals surface area contributed by atoms with Gasteiger partial charge in [0.25, 0.3) is 0 Å². The molecule has 2 nitrogen and oxygen atoms in total. The highest BCUT2D eigenvalue weighted by Gasteiger charge is 2.25. The Kier molecular flexibility index (Phi) is 8.19. The number of anilines is 3. The molecule has 0 spiro atoms. The minimum atomic E-state index is 0.858. The third kappa shape index (κ3) is 5.66. The molecule has 272 valence electrons. The third-order valence-corrected chi connectivity index (χ3v) is 11.5. The molecule has 1 heterocycles. The highest BCUT2D eigenvalue weighted by molar-refractivity contribution is 6.21. The zero-order valence-corrected chi connectivity index (χ0v) is 31.7. The molecule has 0 fully saturated rings. The Morgan fingerprint density at radius 2 is 0.914 bits per heavy atom. The topological polar surface area (TPSA) is 16.4 Å². The number of rotatable bonds is 7. The van der Waals surface area contributed by atoms with Gasteiger partial charge in [0.2, 0.25) is 0 Å². The Bertz CT molecular complexity index is 3290. The van der Waals surface area contributed by atoms with Crippen LogP contribution in [0.3, 0.4) is 0 Å². The molecule has 11 rings (SSSR count). The van der Waals surface area contributed by atoms with E-state index in [9.17, 15) is 0 Å². The molecule has 0 amide bonds. The standard InChI is InChI=1S/C56H37NO/c1-3-18-38(19-4-1)40-23-17-24-42(36-40)57(52-32-15-13-30-48(52)46-28-10-9-25-43(46)39-20-5-2-6-21-39)53-35-34-49(56-55(53)50-31-14-16-33-54(50)58-56)51-37-41-22-7-8-26-44(41)45-27-11-12-29-47(45)51/h1-37H. The van der Waals surface area contributed by atoms with Crippen LogP contribution < -0.4 is 4.90 Å². The van der Waals surface area contributed by atoms with Gasteiger partial charge in [-0.05, 0) is 97.4 Å². The molecule has 10 aromatic carbocycles. The number of furan rings is 1. The number of benzene rings is 10. The highest BCUT2D eigenvalue weighted by Crippen LogP contribution is 2.50. The molecule has 0 saturated carbocycles. The van der Waals surface area contributed by atoms with Gasteiger partial charge in [-0.3, -0.25) is 0 Å². The molecule has 2 heteroatoms. The predicted octanol–water partition coefficient (Wildman–Crippen LogP) is 16.0. The van der Waals surface area contributed by atoms with Crippen LogP contribution in [-0.4, -0.2) is 0 Å². The van der Waals surface area contributed by atoms with E-state index in [1.165, 1.54) is 43.8 Å². The smallest absolute Gasteiger partial charge is 0.145 e. The van der Waals surface area contributed by atoms with Crippen molar-refractivity contribution in [2.75, 3.05) is 4.90 Å². The highest BCUT2D eigenvalue weighted by atomic mass is 16.3. The summed E-state index contributed by atoms with van der Waals surface area (Å²) in [6, 6.07) is 80.6. The van der Waals surface area contributed by atoms with Crippen molar-refractivity contribution in [2.45, 2.75) is 0 Å². The predicted molar refractivity (Wildman–Crippen MR) is 245 cm³/mol. The van der Waals surface area contributed by atoms with Crippen LogP contribution in [-0.2, 0) is 0 Å². The minimum absolute atomic E-state index is 0.858. The number of para-hydroxylation sites is 2. The summed E-state index contributed by atoms with van der Waals surface area (Å²) in [7, 11) is 0. The van der Waals surface area contributed by atoms with E-state index in [2.05, 4.69) is 229 Å². The number of fused-ring (bicyclic) bond motifs is 6. The zero-order chi connectivity index (χ0) is 38.4. The second-order valence-electron chi connectivity index (χ2n) is 14.8. The molecule has 0 aliphatic carbocycles. The summed E-state index contributed by atoms with van der Waals surface area (Å²) in [5.74, 6) is 0. The Hall–Kier alpha value is -7.68. The lowest BCUT2D eigenvalue weighted by molar-refractivity contribution is 0.670. The maximum Gasteiger partial charge on any atom is 0.145 e. The first-order valence-corrected chi connectivity index (χ1v) is 19.8. The van der Waals surface area contributed by atoms with Gasteiger partial charge in [-0.1, -0.05) is 182 Å². The van der Waals surface area contributed by atoms with Crippen molar-refractivity contribution in [2.24, 2.45) is 0 Å². The summed E-state index contributed by atoms with van der Waals surface area (Å²) in [5.41, 5.74) is 14.1. The van der Waals surface area contributed by atoms with Crippen LogP contribution >= 0.6 is 0 Å². The van der Waals surface area contributed by atoms with Crippen molar-refractivity contribution in [1.82, 2.24) is 0 Å². The first-order chi connectivity index (χ1) is 28.8. The average Bonchev–Trinajstić information content (AvgIpc) is 3.70. The lowest BCUT2D eigenvalue weighted by Gasteiger charge is -2.29. The van der Waals surface area contributed by atoms with Crippen molar-refractivity contribution < 1.29 is 4.42 Å². The lowest BCUT2D eigenvalue weighted by Crippen LogP contribution is -2.12. The fraction of sp³-hybridized carbons (Fsp3) is 0. The first-order valence-electron chi connectivity index (χ1n) is 19.8. The van der Waals surface area contributed by atoms with Gasteiger partial charge in [-0.15, -0.1) is 0 Å². The average molecular weight is 740 g/mol. The summed E-state index contributed by atoms with van der Waals surface area (Å²) < 4.78 is 7.02. The summed E-state index contributed by atoms with van der Waals surface area (Å²) in [6.45, 7) is 0. The quantitative estimate of drug-likeness (QED) is 0.151. The van der Waals surface area contributed by atoms with Crippen LogP contribution in [0.5, 0.6) is 0 Å². The summed E-state index contributed by atoms with van der Waals surface area (Å²) in [4.78, 5) is 2.44. The number of nitrogens with zero attached hydrogens (tertiary/aromatic N) is 1. The fourth-order valence-electron chi connectivity index (χ4n) is 8.83. The molecule has 0 saturated heterocycles. The maximum atomic E-state index is 7.02. The van der Waals surface area contributed by atoms with Crippen molar-refractivity contribution in [3.63, 3.8) is 0 Å². The Labute approximate surface area is 337 Å². The molecular weight excluding hydrogens is 703 g/mol. The Balaban J connectivity index is 1.22. The van der Waals surface area contributed by atoms with Crippen molar-refractivity contribution >= 4 is 60.5 Å². The van der Waals surface area contributed by atoms with Gasteiger partial charge in [0.05, 0.1) is 16.8 Å². The van der Waals surface area contributed by atoms with Crippen LogP contribution in [0.1, 0.15) is 0 Å². The summed E-state index contributed by atoms with van der Waals surface area (Å²) in [6.07, 6.45) is 0. The van der Waals surface area contributed by atoms with E-state index in [0.29, 0.717) is 0 Å². The van der Waals surface area contributed by atoms with Gasteiger partial charge in [-0.2, -0.15) is 0 Å². The van der Waals surface area contributed by atoms with Gasteiger partial charge in [-0.25, -0.2) is 0 Å². The van der Waals surface area contributed by atoms with Crippen molar-refractivity contribution in [3.8, 4) is 44.5 Å². The lowest BCUT2D eigenvalue weighted by atomic mass is 9.91. The third-order valence-electron chi connectivity index (χ3n) is 11.5. The Morgan fingerprint density at radius 1 is 0.310 bits per heavy atom. The van der Waals surface area contributed by atoms with Gasteiger partial charge in [0.15, 0.2) is 0 Å². The van der Waals surface area contributed by atoms with Crippen LogP contribution in [0.25, 0.3) is 88.0 Å². The van der Waals surface area contributed by atoms with Gasteiger partial charge in [0, 0.05) is 22.2 Å². The molecule has 0 atom stereocenters. The molecule has 0 aliphatic rings. The first kappa shape index (κ1) is 33.6. The van der Waals surface area contributed by atoms with E-state index in [4.69, 9.17) is 4.42 Å². The van der Waals surface area contributed by atoms with E-state index < -0.39 is 0 Å². The minimum Gasteiger partial charge on any atom is -0.455 e. The monoisotopic (exact) mass is 739 g/mol.